The van der Waals surface area contributed by atoms with E-state index < -0.39 is 14.2 Å². The summed E-state index contributed by atoms with van der Waals surface area (Å²) in [6, 6.07) is 6.84. The number of hydrogen-bond donors (Lipinski definition) is 1. The summed E-state index contributed by atoms with van der Waals surface area (Å²) in [6.45, 7) is 14.2. The van der Waals surface area contributed by atoms with Crippen LogP contribution in [0.15, 0.2) is 36.9 Å². The zero-order chi connectivity index (χ0) is 20.6. The smallest absolute Gasteiger partial charge is 0.411 e. The number of piperazine rings is 1. The van der Waals surface area contributed by atoms with Crippen LogP contribution in [-0.2, 0) is 4.74 Å². The lowest BCUT2D eigenvalue weighted by Gasteiger charge is -2.33. The Balaban J connectivity index is 1.83. The summed E-state index contributed by atoms with van der Waals surface area (Å²) in [6.07, 6.45) is 0.951. The minimum Gasteiger partial charge on any atom is -0.445 e. The summed E-state index contributed by atoms with van der Waals surface area (Å²) in [5, 5.41) is 2.61. The summed E-state index contributed by atoms with van der Waals surface area (Å²) < 4.78 is 4.87. The Morgan fingerprint density at radius 1 is 1.18 bits per heavy atom. The molecule has 1 N–H and O–H groups in total. The van der Waals surface area contributed by atoms with Crippen molar-refractivity contribution in [1.29, 1.82) is 0 Å². The fourth-order valence-corrected chi connectivity index (χ4v) is 3.30. The van der Waals surface area contributed by atoms with E-state index in [1.165, 1.54) is 6.08 Å². The van der Waals surface area contributed by atoms with Crippen molar-refractivity contribution in [3.63, 3.8) is 0 Å². The fraction of sp³-hybridized carbons (Fsp3) is 0.429. The Morgan fingerprint density at radius 2 is 1.82 bits per heavy atom. The second-order valence-corrected chi connectivity index (χ2v) is 12.5. The van der Waals surface area contributed by atoms with Gasteiger partial charge in [-0.3, -0.25) is 15.0 Å². The van der Waals surface area contributed by atoms with E-state index in [4.69, 9.17) is 4.74 Å². The third-order valence-electron chi connectivity index (χ3n) is 4.14. The van der Waals surface area contributed by atoms with Crippen molar-refractivity contribution in [2.24, 2.45) is 0 Å². The highest BCUT2D eigenvalue weighted by Crippen LogP contribution is 2.13. The van der Waals surface area contributed by atoms with Crippen LogP contribution in [0.2, 0.25) is 19.6 Å². The monoisotopic (exact) mass is 399 g/mol. The van der Waals surface area contributed by atoms with E-state index in [0.717, 1.165) is 19.6 Å². The van der Waals surface area contributed by atoms with Gasteiger partial charge in [-0.1, -0.05) is 38.2 Å². The summed E-state index contributed by atoms with van der Waals surface area (Å²) in [5.41, 5.74) is 4.57. The first-order valence-corrected chi connectivity index (χ1v) is 12.9. The van der Waals surface area contributed by atoms with Crippen molar-refractivity contribution < 1.29 is 14.3 Å². The first-order chi connectivity index (χ1) is 13.3. The number of hydrogen-bond acceptors (Lipinski definition) is 4. The molecule has 1 fully saturated rings. The number of amides is 2. The van der Waals surface area contributed by atoms with Gasteiger partial charge in [0.15, 0.2) is 0 Å². The van der Waals surface area contributed by atoms with Gasteiger partial charge in [0, 0.05) is 37.4 Å². The van der Waals surface area contributed by atoms with Crippen LogP contribution < -0.4 is 5.32 Å². The molecule has 1 heterocycles. The van der Waals surface area contributed by atoms with Crippen molar-refractivity contribution in [1.82, 2.24) is 9.80 Å². The second-order valence-electron chi connectivity index (χ2n) is 7.71. The van der Waals surface area contributed by atoms with Crippen molar-refractivity contribution in [3.8, 4) is 11.5 Å². The van der Waals surface area contributed by atoms with Crippen LogP contribution in [0, 0.1) is 11.5 Å². The van der Waals surface area contributed by atoms with E-state index >= 15 is 0 Å². The van der Waals surface area contributed by atoms with E-state index in [1.54, 1.807) is 24.3 Å². The average Bonchev–Trinajstić information content (AvgIpc) is 2.66. The van der Waals surface area contributed by atoms with Gasteiger partial charge in [0.1, 0.15) is 14.7 Å². The molecular formula is C21H29N3O3Si. The van der Waals surface area contributed by atoms with Gasteiger partial charge in [0.25, 0.3) is 5.91 Å². The van der Waals surface area contributed by atoms with E-state index in [-0.39, 0.29) is 12.5 Å². The lowest BCUT2D eigenvalue weighted by atomic mass is 10.1. The van der Waals surface area contributed by atoms with Crippen LogP contribution in [-0.4, -0.2) is 69.2 Å². The predicted molar refractivity (Wildman–Crippen MR) is 115 cm³/mol. The number of benzene rings is 1. The maximum Gasteiger partial charge on any atom is 0.411 e. The molecule has 0 bridgehead atoms. The number of anilines is 1. The van der Waals surface area contributed by atoms with Gasteiger partial charge in [-0.15, -0.1) is 5.54 Å². The van der Waals surface area contributed by atoms with E-state index in [0.29, 0.717) is 24.3 Å². The SMILES string of the molecule is C=CCOC(=O)Nc1ccc(C(=O)N2CCN(CC#C[Si](C)(C)C)CC2)cc1. The molecule has 0 saturated carbocycles. The molecule has 0 spiro atoms. The summed E-state index contributed by atoms with van der Waals surface area (Å²) in [4.78, 5) is 28.4. The molecule has 1 aliphatic rings. The molecule has 1 aromatic rings. The van der Waals surface area contributed by atoms with Gasteiger partial charge in [-0.25, -0.2) is 4.79 Å². The van der Waals surface area contributed by atoms with Crippen molar-refractivity contribution >= 4 is 25.8 Å². The normalized spacial score (nSPS) is 14.6. The summed E-state index contributed by atoms with van der Waals surface area (Å²) in [5.74, 6) is 3.30. The summed E-state index contributed by atoms with van der Waals surface area (Å²) in [7, 11) is -1.33. The molecule has 2 rings (SSSR count). The zero-order valence-electron chi connectivity index (χ0n) is 17.0. The summed E-state index contributed by atoms with van der Waals surface area (Å²) >= 11 is 0. The number of carbonyl (C=O) groups excluding carboxylic acids is 2. The number of ether oxygens (including phenoxy) is 1. The number of nitrogens with one attached hydrogen (secondary N) is 1. The molecule has 0 aliphatic carbocycles. The molecule has 0 atom stereocenters. The fourth-order valence-electron chi connectivity index (χ4n) is 2.69. The minimum absolute atomic E-state index is 0.00798. The van der Waals surface area contributed by atoms with Crippen LogP contribution in [0.1, 0.15) is 10.4 Å². The van der Waals surface area contributed by atoms with Crippen LogP contribution in [0.3, 0.4) is 0 Å². The van der Waals surface area contributed by atoms with Crippen molar-refractivity contribution in [2.45, 2.75) is 19.6 Å². The largest absolute Gasteiger partial charge is 0.445 e. The zero-order valence-corrected chi connectivity index (χ0v) is 18.0. The molecule has 1 saturated heterocycles. The minimum atomic E-state index is -1.33. The molecular weight excluding hydrogens is 370 g/mol. The Bertz CT molecular complexity index is 752. The van der Waals surface area contributed by atoms with E-state index in [1.807, 2.05) is 4.90 Å². The maximum atomic E-state index is 12.7. The van der Waals surface area contributed by atoms with E-state index in [9.17, 15) is 9.59 Å². The van der Waals surface area contributed by atoms with Crippen molar-refractivity contribution in [3.05, 3.63) is 42.5 Å². The van der Waals surface area contributed by atoms with Gasteiger partial charge in [0.2, 0.25) is 0 Å². The van der Waals surface area contributed by atoms with Crippen molar-refractivity contribution in [2.75, 3.05) is 44.6 Å². The molecule has 7 heteroatoms. The van der Waals surface area contributed by atoms with Gasteiger partial charge in [0.05, 0.1) is 6.54 Å². The lowest BCUT2D eigenvalue weighted by molar-refractivity contribution is 0.0652. The maximum absolute atomic E-state index is 12.7. The molecule has 150 valence electrons. The molecule has 0 aromatic heterocycles. The Labute approximate surface area is 168 Å². The van der Waals surface area contributed by atoms with Crippen LogP contribution in [0.5, 0.6) is 0 Å². The predicted octanol–water partition coefficient (Wildman–Crippen LogP) is 3.06. The Kier molecular flexibility index (Phi) is 7.85. The molecule has 1 aliphatic heterocycles. The Morgan fingerprint density at radius 3 is 2.39 bits per heavy atom. The molecule has 1 aromatic carbocycles. The number of rotatable bonds is 5. The topological polar surface area (TPSA) is 61.9 Å². The number of nitrogens with zero attached hydrogens (tertiary/aromatic N) is 2. The van der Waals surface area contributed by atoms with Gasteiger partial charge >= 0.3 is 6.09 Å². The van der Waals surface area contributed by atoms with Crippen LogP contribution in [0.4, 0.5) is 10.5 Å². The van der Waals surface area contributed by atoms with Gasteiger partial charge in [-0.2, -0.15) is 0 Å². The van der Waals surface area contributed by atoms with Gasteiger partial charge in [-0.05, 0) is 24.3 Å². The molecule has 28 heavy (non-hydrogen) atoms. The molecule has 2 amide bonds. The highest BCUT2D eigenvalue weighted by Gasteiger charge is 2.21. The standard InChI is InChI=1S/C21H29N3O3Si/c1-5-16-27-21(26)22-19-9-7-18(8-10-19)20(25)24-14-12-23(13-15-24)11-6-17-28(2,3)4/h5,7-10H,1,11-16H2,2-4H3,(H,22,26). The molecule has 0 radical (unpaired) electrons. The lowest BCUT2D eigenvalue weighted by Crippen LogP contribution is -2.48. The third-order valence-corrected chi connectivity index (χ3v) is 5.06. The molecule has 0 unspecified atom stereocenters. The van der Waals surface area contributed by atoms with E-state index in [2.05, 4.69) is 47.9 Å². The highest BCUT2D eigenvalue weighted by molar-refractivity contribution is 6.83. The first kappa shape index (κ1) is 21.7. The number of carbonyl (C=O) groups is 2. The van der Waals surface area contributed by atoms with Crippen LogP contribution >= 0.6 is 0 Å². The van der Waals surface area contributed by atoms with Crippen LogP contribution in [0.25, 0.3) is 0 Å². The Hall–Kier alpha value is -2.56. The highest BCUT2D eigenvalue weighted by atomic mass is 28.3. The molecule has 6 nitrogen and oxygen atoms in total. The third kappa shape index (κ3) is 7.22. The second kappa shape index (κ2) is 10.1. The van der Waals surface area contributed by atoms with Gasteiger partial charge < -0.3 is 9.64 Å². The average molecular weight is 400 g/mol. The quantitative estimate of drug-likeness (QED) is 0.470. The first-order valence-electron chi connectivity index (χ1n) is 9.45.